The van der Waals surface area contributed by atoms with Gasteiger partial charge in [0.2, 0.25) is 0 Å². The molecule has 1 amide bonds. The van der Waals surface area contributed by atoms with Crippen LogP contribution in [0.25, 0.3) is 6.08 Å². The van der Waals surface area contributed by atoms with Crippen LogP contribution in [0, 0.1) is 17.8 Å². The number of amides is 1. The summed E-state index contributed by atoms with van der Waals surface area (Å²) in [5.41, 5.74) is 1.85. The fourth-order valence-electron chi connectivity index (χ4n) is 5.52. The van der Waals surface area contributed by atoms with E-state index in [1.807, 2.05) is 35.4 Å². The lowest BCUT2D eigenvalue weighted by atomic mass is 9.67. The van der Waals surface area contributed by atoms with Gasteiger partial charge in [-0.1, -0.05) is 43.2 Å². The Bertz CT molecular complexity index is 918. The summed E-state index contributed by atoms with van der Waals surface area (Å²) in [4.78, 5) is 18.7. The molecule has 0 radical (unpaired) electrons. The Morgan fingerprint density at radius 1 is 1.20 bits per heavy atom. The molecular formula is C25H27FN2O2. The Balaban J connectivity index is 1.34. The molecule has 30 heavy (non-hydrogen) atoms. The van der Waals surface area contributed by atoms with Crippen molar-refractivity contribution >= 4 is 12.2 Å². The average molecular weight is 407 g/mol. The Morgan fingerprint density at radius 2 is 2.10 bits per heavy atom. The first kappa shape index (κ1) is 19.3. The van der Waals surface area contributed by atoms with Crippen molar-refractivity contribution in [2.24, 2.45) is 17.8 Å². The highest BCUT2D eigenvalue weighted by Crippen LogP contribution is 2.44. The second-order valence-corrected chi connectivity index (χ2v) is 8.78. The maximum atomic E-state index is 13.7. The number of aromatic nitrogens is 1. The molecule has 1 saturated carbocycles. The number of fused-ring (bicyclic) bond motifs is 2. The van der Waals surface area contributed by atoms with E-state index in [2.05, 4.69) is 17.1 Å². The van der Waals surface area contributed by atoms with Crippen LogP contribution in [0.3, 0.4) is 0 Å². The zero-order chi connectivity index (χ0) is 20.5. The summed E-state index contributed by atoms with van der Waals surface area (Å²) < 4.78 is 19.1. The molecule has 5 unspecified atom stereocenters. The number of cyclic esters (lactones) is 1. The maximum Gasteiger partial charge on any atom is 0.410 e. The summed E-state index contributed by atoms with van der Waals surface area (Å²) in [5.74, 6) is 1.16. The summed E-state index contributed by atoms with van der Waals surface area (Å²) in [6, 6.07) is 4.14. The molecule has 1 aromatic heterocycles. The van der Waals surface area contributed by atoms with E-state index in [-0.39, 0.29) is 23.9 Å². The molecular weight excluding hydrogens is 379 g/mol. The number of ether oxygens (including phenoxy) is 1. The summed E-state index contributed by atoms with van der Waals surface area (Å²) in [6.45, 7) is 1.34. The summed E-state index contributed by atoms with van der Waals surface area (Å²) in [7, 11) is 0. The van der Waals surface area contributed by atoms with Gasteiger partial charge >= 0.3 is 6.09 Å². The van der Waals surface area contributed by atoms with E-state index in [9.17, 15) is 9.18 Å². The molecule has 0 aromatic carbocycles. The van der Waals surface area contributed by atoms with Gasteiger partial charge in [0, 0.05) is 24.6 Å². The fraction of sp³-hybridized carbons (Fsp3) is 0.440. The topological polar surface area (TPSA) is 42.4 Å². The Hall–Kier alpha value is -2.69. The second-order valence-electron chi connectivity index (χ2n) is 8.78. The molecule has 2 aliphatic carbocycles. The minimum absolute atomic E-state index is 0.109. The van der Waals surface area contributed by atoms with Gasteiger partial charge in [-0.05, 0) is 54.5 Å². The number of nitrogens with zero attached hydrogens (tertiary/aromatic N) is 2. The first-order chi connectivity index (χ1) is 14.7. The minimum Gasteiger partial charge on any atom is -0.447 e. The van der Waals surface area contributed by atoms with E-state index in [0.29, 0.717) is 24.4 Å². The van der Waals surface area contributed by atoms with Crippen molar-refractivity contribution in [2.75, 3.05) is 13.2 Å². The highest BCUT2D eigenvalue weighted by atomic mass is 19.1. The molecule has 5 atom stereocenters. The first-order valence-electron chi connectivity index (χ1n) is 11.0. The van der Waals surface area contributed by atoms with Crippen LogP contribution in [-0.4, -0.2) is 35.2 Å². The van der Waals surface area contributed by atoms with Crippen molar-refractivity contribution in [1.82, 2.24) is 9.88 Å². The SMILES string of the molecule is O=C1OCC2C(/C=C/c3ccc(C4C=CC=CC(F)=C4)cn3)C3CCCCC3CN12. The van der Waals surface area contributed by atoms with Crippen molar-refractivity contribution in [1.29, 1.82) is 0 Å². The van der Waals surface area contributed by atoms with Crippen LogP contribution < -0.4 is 0 Å². The molecule has 3 fully saturated rings. The highest BCUT2D eigenvalue weighted by Gasteiger charge is 2.48. The van der Waals surface area contributed by atoms with Crippen LogP contribution in [0.4, 0.5) is 9.18 Å². The average Bonchev–Trinajstić information content (AvgIpc) is 2.99. The van der Waals surface area contributed by atoms with Crippen LogP contribution in [0.5, 0.6) is 0 Å². The lowest BCUT2D eigenvalue weighted by Crippen LogP contribution is -2.52. The molecule has 2 aliphatic heterocycles. The quantitative estimate of drug-likeness (QED) is 0.674. The third-order valence-corrected chi connectivity index (χ3v) is 7.06. The van der Waals surface area contributed by atoms with Crippen LogP contribution in [0.2, 0.25) is 0 Å². The van der Waals surface area contributed by atoms with Crippen molar-refractivity contribution in [2.45, 2.75) is 37.6 Å². The fourth-order valence-corrected chi connectivity index (χ4v) is 5.52. The van der Waals surface area contributed by atoms with E-state index in [4.69, 9.17) is 4.74 Å². The van der Waals surface area contributed by atoms with Crippen molar-refractivity contribution < 1.29 is 13.9 Å². The van der Waals surface area contributed by atoms with E-state index in [0.717, 1.165) is 17.8 Å². The predicted molar refractivity (Wildman–Crippen MR) is 114 cm³/mol. The predicted octanol–water partition coefficient (Wildman–Crippen LogP) is 5.41. The van der Waals surface area contributed by atoms with E-state index >= 15 is 0 Å². The maximum absolute atomic E-state index is 13.7. The van der Waals surface area contributed by atoms with Gasteiger partial charge in [0.05, 0.1) is 11.7 Å². The molecule has 156 valence electrons. The molecule has 0 bridgehead atoms. The largest absolute Gasteiger partial charge is 0.447 e. The van der Waals surface area contributed by atoms with Gasteiger partial charge in [0.15, 0.2) is 0 Å². The van der Waals surface area contributed by atoms with Crippen LogP contribution in [0.15, 0.2) is 60.6 Å². The molecule has 4 aliphatic rings. The third-order valence-electron chi connectivity index (χ3n) is 7.06. The molecule has 1 aromatic rings. The summed E-state index contributed by atoms with van der Waals surface area (Å²) in [5, 5.41) is 0. The molecule has 4 nitrogen and oxygen atoms in total. The molecule has 0 N–H and O–H groups in total. The molecule has 3 heterocycles. The van der Waals surface area contributed by atoms with Crippen LogP contribution in [-0.2, 0) is 4.74 Å². The van der Waals surface area contributed by atoms with Crippen LogP contribution >= 0.6 is 0 Å². The summed E-state index contributed by atoms with van der Waals surface area (Å²) in [6.07, 6.45) is 19.5. The number of hydrogen-bond acceptors (Lipinski definition) is 3. The first-order valence-corrected chi connectivity index (χ1v) is 11.0. The number of carbonyl (C=O) groups is 1. The van der Waals surface area contributed by atoms with Gasteiger partial charge < -0.3 is 9.64 Å². The lowest BCUT2D eigenvalue weighted by molar-refractivity contribution is 0.0472. The zero-order valence-electron chi connectivity index (χ0n) is 17.0. The van der Waals surface area contributed by atoms with Crippen molar-refractivity contribution in [3.05, 3.63) is 71.9 Å². The third kappa shape index (κ3) is 3.73. The number of pyridine rings is 1. The Morgan fingerprint density at radius 3 is 2.97 bits per heavy atom. The molecule has 5 heteroatoms. The van der Waals surface area contributed by atoms with E-state index < -0.39 is 0 Å². The van der Waals surface area contributed by atoms with Crippen molar-refractivity contribution in [3.8, 4) is 0 Å². The number of hydrogen-bond donors (Lipinski definition) is 0. The Kier molecular flexibility index (Phi) is 5.28. The van der Waals surface area contributed by atoms with Gasteiger partial charge in [-0.15, -0.1) is 0 Å². The minimum atomic E-state index is -0.230. The Labute approximate surface area is 176 Å². The molecule has 5 rings (SSSR count). The number of rotatable bonds is 3. The van der Waals surface area contributed by atoms with E-state index in [1.54, 1.807) is 12.2 Å². The number of halogens is 1. The van der Waals surface area contributed by atoms with Gasteiger partial charge in [-0.3, -0.25) is 4.98 Å². The van der Waals surface area contributed by atoms with Gasteiger partial charge in [-0.2, -0.15) is 0 Å². The number of piperidine rings is 1. The molecule has 2 saturated heterocycles. The lowest BCUT2D eigenvalue weighted by Gasteiger charge is -2.46. The van der Waals surface area contributed by atoms with Crippen molar-refractivity contribution in [3.63, 3.8) is 0 Å². The van der Waals surface area contributed by atoms with Gasteiger partial charge in [0.1, 0.15) is 12.4 Å². The standard InChI is InChI=1S/C25H27FN2O2/c26-20-7-3-1-5-17(13-20)18-9-10-21(27-14-18)11-12-23-22-8-4-2-6-19(22)15-28-24(23)16-30-25(28)29/h1,3,5,7,9-14,17,19,22-24H,2,4,6,8,15-16H2/b12-11+. The smallest absolute Gasteiger partial charge is 0.410 e. The normalized spacial score (nSPS) is 33.1. The highest BCUT2D eigenvalue weighted by molar-refractivity contribution is 5.70. The van der Waals surface area contributed by atoms with Gasteiger partial charge in [-0.25, -0.2) is 9.18 Å². The van der Waals surface area contributed by atoms with Gasteiger partial charge in [0.25, 0.3) is 0 Å². The second kappa shape index (κ2) is 8.21. The summed E-state index contributed by atoms with van der Waals surface area (Å²) >= 11 is 0. The molecule has 0 spiro atoms. The van der Waals surface area contributed by atoms with E-state index in [1.165, 1.54) is 31.8 Å². The number of carbonyl (C=O) groups excluding carboxylic acids is 1. The number of allylic oxidation sites excluding steroid dienone is 6. The monoisotopic (exact) mass is 406 g/mol. The van der Waals surface area contributed by atoms with Crippen LogP contribution in [0.1, 0.15) is 42.9 Å². The zero-order valence-corrected chi connectivity index (χ0v) is 17.0.